The summed E-state index contributed by atoms with van der Waals surface area (Å²) in [5.41, 5.74) is 7.13. The zero-order valence-electron chi connectivity index (χ0n) is 12.2. The van der Waals surface area contributed by atoms with Crippen LogP contribution in [0.25, 0.3) is 0 Å². The number of nitrogens with zero attached hydrogens (tertiary/aromatic N) is 2. The Kier molecular flexibility index (Phi) is 3.59. The molecular formula is C14H22N4O2S. The van der Waals surface area contributed by atoms with Crippen molar-refractivity contribution < 1.29 is 8.42 Å². The van der Waals surface area contributed by atoms with Crippen molar-refractivity contribution >= 4 is 21.4 Å². The van der Waals surface area contributed by atoms with Gasteiger partial charge in [0.2, 0.25) is 10.0 Å². The Hall–Kier alpha value is -1.31. The molecule has 2 saturated heterocycles. The van der Waals surface area contributed by atoms with Gasteiger partial charge in [-0.3, -0.25) is 4.90 Å². The summed E-state index contributed by atoms with van der Waals surface area (Å²) in [4.78, 5) is 4.75. The van der Waals surface area contributed by atoms with Gasteiger partial charge in [0.25, 0.3) is 0 Å². The maximum Gasteiger partial charge on any atom is 0.240 e. The zero-order chi connectivity index (χ0) is 15.2. The van der Waals surface area contributed by atoms with Crippen molar-refractivity contribution in [2.75, 3.05) is 30.3 Å². The van der Waals surface area contributed by atoms with Gasteiger partial charge in [0, 0.05) is 25.2 Å². The molecule has 4 N–H and O–H groups in total. The fourth-order valence-corrected chi connectivity index (χ4v) is 4.23. The van der Waals surface area contributed by atoms with Crippen molar-refractivity contribution in [2.24, 2.45) is 5.14 Å². The molecule has 21 heavy (non-hydrogen) atoms. The first kappa shape index (κ1) is 14.6. The highest BCUT2D eigenvalue weighted by Crippen LogP contribution is 2.34. The number of hydrogen-bond donors (Lipinski definition) is 2. The van der Waals surface area contributed by atoms with Gasteiger partial charge < -0.3 is 10.6 Å². The van der Waals surface area contributed by atoms with E-state index < -0.39 is 10.0 Å². The van der Waals surface area contributed by atoms with Crippen LogP contribution in [0.2, 0.25) is 0 Å². The smallest absolute Gasteiger partial charge is 0.240 e. The summed E-state index contributed by atoms with van der Waals surface area (Å²) in [5, 5.41) is 5.24. The van der Waals surface area contributed by atoms with Gasteiger partial charge in [-0.15, -0.1) is 0 Å². The normalized spacial score (nSPS) is 26.9. The molecule has 2 heterocycles. The highest BCUT2D eigenvalue weighted by atomic mass is 32.2. The molecule has 7 heteroatoms. The fraction of sp³-hybridized carbons (Fsp3) is 0.571. The van der Waals surface area contributed by atoms with Gasteiger partial charge in [0.05, 0.1) is 11.4 Å². The number of fused-ring (bicyclic) bond motifs is 1. The summed E-state index contributed by atoms with van der Waals surface area (Å²) < 4.78 is 23.2. The van der Waals surface area contributed by atoms with Crippen molar-refractivity contribution in [1.82, 2.24) is 4.90 Å². The van der Waals surface area contributed by atoms with E-state index in [1.54, 1.807) is 6.07 Å². The van der Waals surface area contributed by atoms with Gasteiger partial charge in [0.15, 0.2) is 0 Å². The Morgan fingerprint density at radius 1 is 1.29 bits per heavy atom. The van der Waals surface area contributed by atoms with E-state index in [1.807, 2.05) is 6.07 Å². The van der Waals surface area contributed by atoms with Crippen molar-refractivity contribution in [2.45, 2.75) is 36.7 Å². The quantitative estimate of drug-likeness (QED) is 0.780. The lowest BCUT2D eigenvalue weighted by Gasteiger charge is -2.44. The van der Waals surface area contributed by atoms with Gasteiger partial charge in [-0.05, 0) is 38.4 Å². The topological polar surface area (TPSA) is 92.7 Å². The van der Waals surface area contributed by atoms with E-state index in [4.69, 9.17) is 10.9 Å². The minimum Gasteiger partial charge on any atom is -0.396 e. The SMILES string of the molecule is CC1CN2CCCC2CN1c1cccc(S(N)(=O)=O)c1N. The first-order chi connectivity index (χ1) is 9.88. The number of piperazine rings is 1. The summed E-state index contributed by atoms with van der Waals surface area (Å²) in [5.74, 6) is 0. The average Bonchev–Trinajstić information content (AvgIpc) is 2.84. The average molecular weight is 310 g/mol. The van der Waals surface area contributed by atoms with Gasteiger partial charge in [-0.25, -0.2) is 13.6 Å². The van der Waals surface area contributed by atoms with Crippen LogP contribution in [0.4, 0.5) is 11.4 Å². The number of sulfonamides is 1. The summed E-state index contributed by atoms with van der Waals surface area (Å²) in [6.07, 6.45) is 2.43. The molecule has 1 aromatic carbocycles. The van der Waals surface area contributed by atoms with E-state index in [-0.39, 0.29) is 10.6 Å². The van der Waals surface area contributed by atoms with Crippen LogP contribution in [-0.2, 0) is 10.0 Å². The molecule has 0 aliphatic carbocycles. The predicted molar refractivity (Wildman–Crippen MR) is 83.6 cm³/mol. The lowest BCUT2D eigenvalue weighted by Crippen LogP contribution is -2.55. The third-order valence-corrected chi connectivity index (χ3v) is 5.57. The standard InChI is InChI=1S/C14H22N4O2S/c1-10-8-17-7-3-4-11(17)9-18(10)12-5-2-6-13(14(12)15)21(16,19)20/h2,5-6,10-11H,3-4,7-9,15H2,1H3,(H2,16,19,20). The third-order valence-electron chi connectivity index (χ3n) is 4.60. The van der Waals surface area contributed by atoms with E-state index in [1.165, 1.54) is 18.9 Å². The Labute approximate surface area is 125 Å². The van der Waals surface area contributed by atoms with Crippen LogP contribution in [0.3, 0.4) is 0 Å². The minimum atomic E-state index is -3.79. The summed E-state index contributed by atoms with van der Waals surface area (Å²) in [6, 6.07) is 5.89. The molecule has 2 aliphatic rings. The van der Waals surface area contributed by atoms with E-state index in [9.17, 15) is 8.42 Å². The maximum atomic E-state index is 11.6. The van der Waals surface area contributed by atoms with Gasteiger partial charge in [0.1, 0.15) is 4.90 Å². The molecule has 2 fully saturated rings. The second-order valence-corrected chi connectivity index (χ2v) is 7.56. The van der Waals surface area contributed by atoms with Gasteiger partial charge in [-0.2, -0.15) is 0 Å². The molecule has 1 aromatic rings. The molecule has 0 radical (unpaired) electrons. The van der Waals surface area contributed by atoms with Crippen LogP contribution in [0, 0.1) is 0 Å². The molecule has 2 unspecified atom stereocenters. The molecule has 6 nitrogen and oxygen atoms in total. The van der Waals surface area contributed by atoms with E-state index in [0.29, 0.717) is 12.1 Å². The van der Waals surface area contributed by atoms with E-state index in [0.717, 1.165) is 25.3 Å². The highest BCUT2D eigenvalue weighted by molar-refractivity contribution is 7.89. The first-order valence-electron chi connectivity index (χ1n) is 7.30. The molecule has 0 amide bonds. The number of nitrogen functional groups attached to an aromatic ring is 1. The monoisotopic (exact) mass is 310 g/mol. The van der Waals surface area contributed by atoms with E-state index >= 15 is 0 Å². The molecule has 2 aliphatic heterocycles. The van der Waals surface area contributed by atoms with Crippen LogP contribution < -0.4 is 15.8 Å². The Balaban J connectivity index is 1.97. The lowest BCUT2D eigenvalue weighted by atomic mass is 10.1. The van der Waals surface area contributed by atoms with Crippen molar-refractivity contribution in [3.63, 3.8) is 0 Å². The second-order valence-electron chi connectivity index (χ2n) is 6.03. The number of nitrogens with two attached hydrogens (primary N) is 2. The molecule has 116 valence electrons. The molecule has 0 bridgehead atoms. The van der Waals surface area contributed by atoms with Crippen LogP contribution in [0.1, 0.15) is 19.8 Å². The molecule has 0 spiro atoms. The van der Waals surface area contributed by atoms with Crippen LogP contribution in [0.5, 0.6) is 0 Å². The van der Waals surface area contributed by atoms with Crippen molar-refractivity contribution in [3.8, 4) is 0 Å². The maximum absolute atomic E-state index is 11.6. The Bertz CT molecular complexity index is 646. The summed E-state index contributed by atoms with van der Waals surface area (Å²) in [6.45, 7) is 5.19. The second kappa shape index (κ2) is 5.15. The van der Waals surface area contributed by atoms with Crippen molar-refractivity contribution in [1.29, 1.82) is 0 Å². The molecule has 3 rings (SSSR count). The highest BCUT2D eigenvalue weighted by Gasteiger charge is 2.35. The van der Waals surface area contributed by atoms with Crippen LogP contribution in [-0.4, -0.2) is 45.0 Å². The molecule has 2 atom stereocenters. The number of rotatable bonds is 2. The minimum absolute atomic E-state index is 0.0149. The lowest BCUT2D eigenvalue weighted by molar-refractivity contribution is 0.203. The number of benzene rings is 1. The van der Waals surface area contributed by atoms with Gasteiger partial charge >= 0.3 is 0 Å². The number of anilines is 2. The molecule has 0 aromatic heterocycles. The predicted octanol–water partition coefficient (Wildman–Crippen LogP) is 0.589. The summed E-state index contributed by atoms with van der Waals surface area (Å²) in [7, 11) is -3.79. The Morgan fingerprint density at radius 2 is 2.05 bits per heavy atom. The number of para-hydroxylation sites is 1. The molecule has 0 saturated carbocycles. The van der Waals surface area contributed by atoms with Crippen LogP contribution in [0.15, 0.2) is 23.1 Å². The fourth-order valence-electron chi connectivity index (χ4n) is 3.55. The zero-order valence-corrected chi connectivity index (χ0v) is 13.0. The van der Waals surface area contributed by atoms with Crippen molar-refractivity contribution in [3.05, 3.63) is 18.2 Å². The largest absolute Gasteiger partial charge is 0.396 e. The first-order valence-corrected chi connectivity index (χ1v) is 8.84. The summed E-state index contributed by atoms with van der Waals surface area (Å²) >= 11 is 0. The van der Waals surface area contributed by atoms with Gasteiger partial charge in [-0.1, -0.05) is 6.07 Å². The molecular weight excluding hydrogens is 288 g/mol. The van der Waals surface area contributed by atoms with E-state index in [2.05, 4.69) is 16.7 Å². The number of hydrogen-bond acceptors (Lipinski definition) is 5. The Morgan fingerprint density at radius 3 is 2.76 bits per heavy atom. The van der Waals surface area contributed by atoms with Crippen LogP contribution >= 0.6 is 0 Å². The third kappa shape index (κ3) is 2.61. The number of primary sulfonamides is 1.